The van der Waals surface area contributed by atoms with Gasteiger partial charge in [0.15, 0.2) is 0 Å². The first-order valence-corrected chi connectivity index (χ1v) is 10.5. The van der Waals surface area contributed by atoms with Crippen LogP contribution in [0.25, 0.3) is 0 Å². The van der Waals surface area contributed by atoms with Gasteiger partial charge in [0.05, 0.1) is 10.9 Å². The fourth-order valence-electron chi connectivity index (χ4n) is 2.48. The van der Waals surface area contributed by atoms with Crippen molar-refractivity contribution in [1.82, 2.24) is 10.6 Å². The smallest absolute Gasteiger partial charge is 0.315 e. The minimum atomic E-state index is -3.77. The molecule has 0 aromatic heterocycles. The molecule has 0 fully saturated rings. The Morgan fingerprint density at radius 3 is 2.62 bits per heavy atom. The van der Waals surface area contributed by atoms with Gasteiger partial charge >= 0.3 is 6.03 Å². The van der Waals surface area contributed by atoms with E-state index in [1.807, 2.05) is 18.2 Å². The molecule has 1 unspecified atom stereocenters. The summed E-state index contributed by atoms with van der Waals surface area (Å²) >= 11 is 3.44. The largest absolute Gasteiger partial charge is 0.338 e. The van der Waals surface area contributed by atoms with E-state index in [1.165, 1.54) is 17.7 Å². The lowest BCUT2D eigenvalue weighted by Gasteiger charge is -2.15. The van der Waals surface area contributed by atoms with Gasteiger partial charge in [-0.1, -0.05) is 40.2 Å². The summed E-state index contributed by atoms with van der Waals surface area (Å²) in [6.45, 7) is 2.33. The Balaban J connectivity index is 1.80. The molecule has 0 heterocycles. The molecule has 0 radical (unpaired) electrons. The summed E-state index contributed by atoms with van der Waals surface area (Å²) < 4.78 is 23.9. The van der Waals surface area contributed by atoms with E-state index in [-0.39, 0.29) is 17.0 Å². The quantitative estimate of drug-likeness (QED) is 0.577. The molecule has 0 saturated heterocycles. The molecule has 1 atom stereocenters. The molecule has 2 aromatic rings. The highest BCUT2D eigenvalue weighted by molar-refractivity contribution is 9.10. The molecule has 4 N–H and O–H groups in total. The summed E-state index contributed by atoms with van der Waals surface area (Å²) in [5.74, 6) is 0. The van der Waals surface area contributed by atoms with Crippen LogP contribution in [-0.4, -0.2) is 21.0 Å². The normalized spacial score (nSPS) is 12.4. The Bertz CT molecular complexity index is 871. The van der Waals surface area contributed by atoms with Crippen molar-refractivity contribution in [3.63, 3.8) is 0 Å². The molecule has 0 aliphatic carbocycles. The van der Waals surface area contributed by atoms with Crippen LogP contribution in [0.1, 0.15) is 30.5 Å². The third kappa shape index (κ3) is 6.44. The molecular weight excluding hydrogens is 418 g/mol. The number of halogens is 1. The SMILES string of the molecule is CC(NC(=O)NCCCc1cccc(Br)c1)c1cccc(S(N)(=O)=O)c1. The maximum absolute atomic E-state index is 12.0. The van der Waals surface area contributed by atoms with Gasteiger partial charge in [-0.3, -0.25) is 0 Å². The van der Waals surface area contributed by atoms with Gasteiger partial charge in [0, 0.05) is 11.0 Å². The molecule has 0 saturated carbocycles. The van der Waals surface area contributed by atoms with E-state index in [4.69, 9.17) is 5.14 Å². The molecule has 2 amide bonds. The van der Waals surface area contributed by atoms with Crippen molar-refractivity contribution in [1.29, 1.82) is 0 Å². The zero-order valence-electron chi connectivity index (χ0n) is 14.4. The number of rotatable bonds is 7. The second kappa shape index (κ2) is 9.16. The van der Waals surface area contributed by atoms with E-state index >= 15 is 0 Å². The zero-order chi connectivity index (χ0) is 19.2. The van der Waals surface area contributed by atoms with Crippen molar-refractivity contribution in [2.45, 2.75) is 30.7 Å². The Morgan fingerprint density at radius 1 is 1.19 bits per heavy atom. The molecule has 26 heavy (non-hydrogen) atoms. The van der Waals surface area contributed by atoms with Gasteiger partial charge in [0.2, 0.25) is 10.0 Å². The van der Waals surface area contributed by atoms with Crippen molar-refractivity contribution in [2.24, 2.45) is 5.14 Å². The van der Waals surface area contributed by atoms with Crippen LogP contribution in [-0.2, 0) is 16.4 Å². The van der Waals surface area contributed by atoms with Crippen LogP contribution in [0.2, 0.25) is 0 Å². The first kappa shape index (κ1) is 20.4. The van der Waals surface area contributed by atoms with Gasteiger partial charge in [-0.2, -0.15) is 0 Å². The van der Waals surface area contributed by atoms with Gasteiger partial charge in [-0.15, -0.1) is 0 Å². The molecule has 0 spiro atoms. The van der Waals surface area contributed by atoms with Crippen LogP contribution in [0.3, 0.4) is 0 Å². The van der Waals surface area contributed by atoms with Crippen LogP contribution in [0, 0.1) is 0 Å². The molecule has 0 bridgehead atoms. The topological polar surface area (TPSA) is 101 Å². The van der Waals surface area contributed by atoms with Gasteiger partial charge in [0.25, 0.3) is 0 Å². The third-order valence-corrected chi connectivity index (χ3v) is 5.26. The van der Waals surface area contributed by atoms with Crippen LogP contribution in [0.5, 0.6) is 0 Å². The third-order valence-electron chi connectivity index (χ3n) is 3.85. The second-order valence-corrected chi connectivity index (χ2v) is 8.45. The summed E-state index contributed by atoms with van der Waals surface area (Å²) in [5.41, 5.74) is 1.87. The number of nitrogens with one attached hydrogen (secondary N) is 2. The highest BCUT2D eigenvalue weighted by Gasteiger charge is 2.13. The van der Waals surface area contributed by atoms with Crippen molar-refractivity contribution in [3.05, 3.63) is 64.1 Å². The fourth-order valence-corrected chi connectivity index (χ4v) is 3.49. The number of carbonyl (C=O) groups excluding carboxylic acids is 1. The summed E-state index contributed by atoms with van der Waals surface area (Å²) in [6.07, 6.45) is 1.69. The molecule has 140 valence electrons. The van der Waals surface area contributed by atoms with E-state index in [9.17, 15) is 13.2 Å². The van der Waals surface area contributed by atoms with E-state index in [2.05, 4.69) is 32.6 Å². The lowest BCUT2D eigenvalue weighted by molar-refractivity contribution is 0.238. The van der Waals surface area contributed by atoms with Crippen molar-refractivity contribution < 1.29 is 13.2 Å². The fraction of sp³-hybridized carbons (Fsp3) is 0.278. The maximum Gasteiger partial charge on any atom is 0.315 e. The standard InChI is InChI=1S/C18H22BrN3O3S/c1-13(15-7-3-9-17(12-15)26(20,24)25)22-18(23)21-10-4-6-14-5-2-8-16(19)11-14/h2-3,5,7-9,11-13H,4,6,10H2,1H3,(H2,20,24,25)(H2,21,22,23). The number of hydrogen-bond donors (Lipinski definition) is 3. The molecule has 0 aliphatic heterocycles. The Kier molecular flexibility index (Phi) is 7.19. The van der Waals surface area contributed by atoms with Gasteiger partial charge in [-0.05, 0) is 55.2 Å². The Hall–Kier alpha value is -1.90. The van der Waals surface area contributed by atoms with Gasteiger partial charge < -0.3 is 10.6 Å². The predicted molar refractivity (Wildman–Crippen MR) is 105 cm³/mol. The summed E-state index contributed by atoms with van der Waals surface area (Å²) in [6, 6.07) is 13.6. The average molecular weight is 440 g/mol. The zero-order valence-corrected chi connectivity index (χ0v) is 16.8. The first-order valence-electron chi connectivity index (χ1n) is 8.17. The number of amides is 2. The van der Waals surface area contributed by atoms with Crippen molar-refractivity contribution in [2.75, 3.05) is 6.54 Å². The monoisotopic (exact) mass is 439 g/mol. The van der Waals surface area contributed by atoms with Gasteiger partial charge in [-0.25, -0.2) is 18.4 Å². The maximum atomic E-state index is 12.0. The summed E-state index contributed by atoms with van der Waals surface area (Å²) in [4.78, 5) is 12.0. The van der Waals surface area contributed by atoms with E-state index in [1.54, 1.807) is 19.1 Å². The molecule has 2 aromatic carbocycles. The second-order valence-electron chi connectivity index (χ2n) is 5.97. The molecular formula is C18H22BrN3O3S. The van der Waals surface area contributed by atoms with Crippen LogP contribution >= 0.6 is 15.9 Å². The van der Waals surface area contributed by atoms with E-state index in [0.29, 0.717) is 12.1 Å². The highest BCUT2D eigenvalue weighted by atomic mass is 79.9. The van der Waals surface area contributed by atoms with Crippen molar-refractivity contribution in [3.8, 4) is 0 Å². The molecule has 2 rings (SSSR count). The predicted octanol–water partition coefficient (Wildman–Crippen LogP) is 3.09. The number of carbonyl (C=O) groups is 1. The summed E-state index contributed by atoms with van der Waals surface area (Å²) in [7, 11) is -3.77. The average Bonchev–Trinajstić information content (AvgIpc) is 2.58. The Morgan fingerprint density at radius 2 is 1.92 bits per heavy atom. The first-order chi connectivity index (χ1) is 12.3. The van der Waals surface area contributed by atoms with Crippen LogP contribution < -0.4 is 15.8 Å². The lowest BCUT2D eigenvalue weighted by Crippen LogP contribution is -2.37. The number of benzene rings is 2. The lowest BCUT2D eigenvalue weighted by atomic mass is 10.1. The van der Waals surface area contributed by atoms with Crippen molar-refractivity contribution >= 4 is 32.0 Å². The number of aryl methyl sites for hydroxylation is 1. The van der Waals surface area contributed by atoms with Crippen LogP contribution in [0.15, 0.2) is 57.9 Å². The minimum absolute atomic E-state index is 0.0260. The van der Waals surface area contributed by atoms with Crippen LogP contribution in [0.4, 0.5) is 4.79 Å². The highest BCUT2D eigenvalue weighted by Crippen LogP contribution is 2.16. The number of nitrogens with two attached hydrogens (primary N) is 1. The van der Waals surface area contributed by atoms with E-state index < -0.39 is 10.0 Å². The number of urea groups is 1. The minimum Gasteiger partial charge on any atom is -0.338 e. The number of hydrogen-bond acceptors (Lipinski definition) is 3. The molecule has 8 heteroatoms. The van der Waals surface area contributed by atoms with Gasteiger partial charge in [0.1, 0.15) is 0 Å². The molecule has 6 nitrogen and oxygen atoms in total. The van der Waals surface area contributed by atoms with E-state index in [0.717, 1.165) is 17.3 Å². The summed E-state index contributed by atoms with van der Waals surface area (Å²) in [5, 5.41) is 10.7. The number of primary sulfonamides is 1. The Labute approximate surface area is 162 Å². The number of sulfonamides is 1. The molecule has 0 aliphatic rings.